The molecule has 112 valence electrons. The lowest BCUT2D eigenvalue weighted by Crippen LogP contribution is -2.31. The number of methoxy groups -OCH3 is 1. The number of hydrogen-bond donors (Lipinski definition) is 0. The van der Waals surface area contributed by atoms with Crippen LogP contribution in [0.2, 0.25) is 0 Å². The van der Waals surface area contributed by atoms with Gasteiger partial charge in [0.05, 0.1) is 13.2 Å². The summed E-state index contributed by atoms with van der Waals surface area (Å²) in [6.07, 6.45) is 9.46. The number of likely N-dealkylation sites (tertiary alicyclic amines) is 1. The summed E-state index contributed by atoms with van der Waals surface area (Å²) in [7, 11) is 1.68. The predicted octanol–water partition coefficient (Wildman–Crippen LogP) is 3.72. The summed E-state index contributed by atoms with van der Waals surface area (Å²) in [5.74, 6) is 1.62. The summed E-state index contributed by atoms with van der Waals surface area (Å²) in [6, 6.07) is 8.35. The molecule has 1 saturated heterocycles. The third-order valence-electron chi connectivity index (χ3n) is 4.60. The minimum atomic E-state index is 0.220. The summed E-state index contributed by atoms with van der Waals surface area (Å²) in [5, 5.41) is 0. The first kappa shape index (κ1) is 14.2. The first-order valence-electron chi connectivity index (χ1n) is 7.88. The van der Waals surface area contributed by atoms with Gasteiger partial charge in [-0.15, -0.1) is 0 Å². The van der Waals surface area contributed by atoms with Crippen LogP contribution < -0.4 is 4.74 Å². The van der Waals surface area contributed by atoms with Gasteiger partial charge in [-0.05, 0) is 49.3 Å². The molecule has 3 heteroatoms. The van der Waals surface area contributed by atoms with Gasteiger partial charge in [-0.3, -0.25) is 4.79 Å². The highest BCUT2D eigenvalue weighted by molar-refractivity contribution is 5.77. The van der Waals surface area contributed by atoms with Crippen LogP contribution in [0.1, 0.15) is 43.7 Å². The Kier molecular flexibility index (Phi) is 4.28. The molecule has 1 aliphatic carbocycles. The van der Waals surface area contributed by atoms with Gasteiger partial charge in [0.1, 0.15) is 5.75 Å². The quantitative estimate of drug-likeness (QED) is 0.789. The SMILES string of the molecule is COc1cccc([C@@H]2CCCN2C(=O)C[C@H]2C=CCC2)c1. The molecule has 0 aromatic heterocycles. The molecule has 0 spiro atoms. The van der Waals surface area contributed by atoms with Crippen molar-refractivity contribution in [1.82, 2.24) is 4.90 Å². The normalized spacial score (nSPS) is 24.5. The predicted molar refractivity (Wildman–Crippen MR) is 83.2 cm³/mol. The monoisotopic (exact) mass is 285 g/mol. The molecule has 1 aromatic rings. The van der Waals surface area contributed by atoms with Gasteiger partial charge in [-0.1, -0.05) is 24.3 Å². The smallest absolute Gasteiger partial charge is 0.223 e. The van der Waals surface area contributed by atoms with Gasteiger partial charge >= 0.3 is 0 Å². The van der Waals surface area contributed by atoms with Gasteiger partial charge in [0, 0.05) is 13.0 Å². The van der Waals surface area contributed by atoms with Crippen molar-refractivity contribution in [3.63, 3.8) is 0 Å². The summed E-state index contributed by atoms with van der Waals surface area (Å²) in [6.45, 7) is 0.886. The molecule has 0 saturated carbocycles. The number of benzene rings is 1. The van der Waals surface area contributed by atoms with Crippen molar-refractivity contribution in [1.29, 1.82) is 0 Å². The number of carbonyl (C=O) groups excluding carboxylic acids is 1. The van der Waals surface area contributed by atoms with Gasteiger partial charge in [0.25, 0.3) is 0 Å². The van der Waals surface area contributed by atoms with Crippen molar-refractivity contribution in [2.45, 2.75) is 38.1 Å². The minimum Gasteiger partial charge on any atom is -0.497 e. The Bertz CT molecular complexity index is 538. The fourth-order valence-corrected chi connectivity index (χ4v) is 3.47. The molecule has 0 N–H and O–H groups in total. The van der Waals surface area contributed by atoms with Crippen molar-refractivity contribution in [3.05, 3.63) is 42.0 Å². The molecule has 3 nitrogen and oxygen atoms in total. The highest BCUT2D eigenvalue weighted by Crippen LogP contribution is 2.35. The number of amides is 1. The first-order valence-corrected chi connectivity index (χ1v) is 7.88. The number of rotatable bonds is 4. The fourth-order valence-electron chi connectivity index (χ4n) is 3.47. The van der Waals surface area contributed by atoms with E-state index in [9.17, 15) is 4.79 Å². The lowest BCUT2D eigenvalue weighted by molar-refractivity contribution is -0.132. The molecule has 2 atom stereocenters. The second-order valence-electron chi connectivity index (χ2n) is 5.99. The molecular weight excluding hydrogens is 262 g/mol. The van der Waals surface area contributed by atoms with Crippen LogP contribution in [0.4, 0.5) is 0 Å². The van der Waals surface area contributed by atoms with E-state index in [1.807, 2.05) is 12.1 Å². The number of carbonyl (C=O) groups is 1. The molecule has 1 heterocycles. The van der Waals surface area contributed by atoms with E-state index < -0.39 is 0 Å². The van der Waals surface area contributed by atoms with Crippen LogP contribution in [-0.2, 0) is 4.79 Å². The topological polar surface area (TPSA) is 29.5 Å². The molecule has 1 fully saturated rings. The average Bonchev–Trinajstić information content (AvgIpc) is 3.18. The number of allylic oxidation sites excluding steroid dienone is 2. The summed E-state index contributed by atoms with van der Waals surface area (Å²) in [5.41, 5.74) is 1.20. The Morgan fingerprint density at radius 1 is 1.38 bits per heavy atom. The zero-order valence-corrected chi connectivity index (χ0v) is 12.6. The Hall–Kier alpha value is -1.77. The lowest BCUT2D eigenvalue weighted by atomic mass is 10.0. The van der Waals surface area contributed by atoms with Crippen LogP contribution in [0, 0.1) is 5.92 Å². The summed E-state index contributed by atoms with van der Waals surface area (Å²) >= 11 is 0. The van der Waals surface area contributed by atoms with Crippen molar-refractivity contribution < 1.29 is 9.53 Å². The van der Waals surface area contributed by atoms with E-state index in [1.54, 1.807) is 7.11 Å². The summed E-state index contributed by atoms with van der Waals surface area (Å²) in [4.78, 5) is 14.7. The molecular formula is C18H23NO2. The molecule has 0 bridgehead atoms. The van der Waals surface area contributed by atoms with E-state index in [1.165, 1.54) is 5.56 Å². The van der Waals surface area contributed by atoms with E-state index in [4.69, 9.17) is 4.74 Å². The molecule has 2 aliphatic rings. The molecule has 1 aliphatic heterocycles. The van der Waals surface area contributed by atoms with Gasteiger partial charge < -0.3 is 9.64 Å². The highest BCUT2D eigenvalue weighted by Gasteiger charge is 2.31. The van der Waals surface area contributed by atoms with E-state index in [-0.39, 0.29) is 6.04 Å². The number of nitrogens with zero attached hydrogens (tertiary/aromatic N) is 1. The van der Waals surface area contributed by atoms with Crippen LogP contribution in [-0.4, -0.2) is 24.5 Å². The largest absolute Gasteiger partial charge is 0.497 e. The van der Waals surface area contributed by atoms with Crippen molar-refractivity contribution in [2.24, 2.45) is 5.92 Å². The van der Waals surface area contributed by atoms with E-state index in [0.29, 0.717) is 18.2 Å². The maximum absolute atomic E-state index is 12.6. The number of ether oxygens (including phenoxy) is 1. The molecule has 1 amide bonds. The Morgan fingerprint density at radius 2 is 2.29 bits per heavy atom. The molecule has 21 heavy (non-hydrogen) atoms. The Balaban J connectivity index is 1.72. The fraction of sp³-hybridized carbons (Fsp3) is 0.500. The Morgan fingerprint density at radius 3 is 3.05 bits per heavy atom. The first-order chi connectivity index (χ1) is 10.3. The van der Waals surface area contributed by atoms with E-state index >= 15 is 0 Å². The van der Waals surface area contributed by atoms with Crippen LogP contribution in [0.15, 0.2) is 36.4 Å². The maximum atomic E-state index is 12.6. The Labute approximate surface area is 126 Å². The maximum Gasteiger partial charge on any atom is 0.223 e. The second kappa shape index (κ2) is 6.33. The van der Waals surface area contributed by atoms with Crippen LogP contribution in [0.3, 0.4) is 0 Å². The molecule has 3 rings (SSSR count). The third-order valence-corrected chi connectivity index (χ3v) is 4.60. The van der Waals surface area contributed by atoms with Gasteiger partial charge in [-0.2, -0.15) is 0 Å². The zero-order chi connectivity index (χ0) is 14.7. The molecule has 1 aromatic carbocycles. The lowest BCUT2D eigenvalue weighted by Gasteiger charge is -2.26. The standard InChI is InChI=1S/C18H23NO2/c1-21-16-9-4-8-15(13-16)17-10-5-11-19(17)18(20)12-14-6-2-3-7-14/h2,4,6,8-9,13-14,17H,3,5,7,10-12H2,1H3/t14-,17-/m0/s1. The minimum absolute atomic E-state index is 0.220. The van der Waals surface area contributed by atoms with Crippen molar-refractivity contribution >= 4 is 5.91 Å². The highest BCUT2D eigenvalue weighted by atomic mass is 16.5. The van der Waals surface area contributed by atoms with Crippen LogP contribution in [0.5, 0.6) is 5.75 Å². The van der Waals surface area contributed by atoms with Crippen molar-refractivity contribution in [2.75, 3.05) is 13.7 Å². The zero-order valence-electron chi connectivity index (χ0n) is 12.6. The van der Waals surface area contributed by atoms with E-state index in [0.717, 1.165) is 38.0 Å². The second-order valence-corrected chi connectivity index (χ2v) is 5.99. The van der Waals surface area contributed by atoms with Gasteiger partial charge in [-0.25, -0.2) is 0 Å². The third kappa shape index (κ3) is 3.12. The van der Waals surface area contributed by atoms with Gasteiger partial charge in [0.2, 0.25) is 5.91 Å². The van der Waals surface area contributed by atoms with Gasteiger partial charge in [0.15, 0.2) is 0 Å². The molecule has 0 unspecified atom stereocenters. The van der Waals surface area contributed by atoms with Crippen LogP contribution in [0.25, 0.3) is 0 Å². The van der Waals surface area contributed by atoms with E-state index in [2.05, 4.69) is 29.2 Å². The average molecular weight is 285 g/mol. The number of hydrogen-bond acceptors (Lipinski definition) is 2. The summed E-state index contributed by atoms with van der Waals surface area (Å²) < 4.78 is 5.31. The molecule has 0 radical (unpaired) electrons. The van der Waals surface area contributed by atoms with Crippen LogP contribution >= 0.6 is 0 Å². The van der Waals surface area contributed by atoms with Crippen molar-refractivity contribution in [3.8, 4) is 5.75 Å².